The van der Waals surface area contributed by atoms with Gasteiger partial charge >= 0.3 is 5.97 Å². The molecule has 0 aliphatic heterocycles. The van der Waals surface area contributed by atoms with Gasteiger partial charge in [-0.15, -0.1) is 0 Å². The maximum atomic E-state index is 12.2. The standard InChI is InChI=1S/C14H16N6O4/c1-3-4-10-17-11(24-18-10)7-23-12(21)6-20-8-15-13-9(14(20)22)5-16-19(13)2/h5,8H,3-4,6-7H2,1-2H3. The zero-order valence-electron chi connectivity index (χ0n) is 13.3. The second kappa shape index (κ2) is 6.60. The molecule has 0 radical (unpaired) electrons. The molecule has 0 aromatic carbocycles. The van der Waals surface area contributed by atoms with Crippen molar-refractivity contribution in [3.05, 3.63) is 34.6 Å². The molecule has 0 unspecified atom stereocenters. The summed E-state index contributed by atoms with van der Waals surface area (Å²) in [6.45, 7) is 1.61. The van der Waals surface area contributed by atoms with Gasteiger partial charge in [0.25, 0.3) is 11.4 Å². The number of esters is 1. The van der Waals surface area contributed by atoms with Gasteiger partial charge in [0.2, 0.25) is 0 Å². The van der Waals surface area contributed by atoms with E-state index < -0.39 is 5.97 Å². The highest BCUT2D eigenvalue weighted by atomic mass is 16.6. The summed E-state index contributed by atoms with van der Waals surface area (Å²) in [5, 5.41) is 8.08. The Morgan fingerprint density at radius 2 is 2.25 bits per heavy atom. The van der Waals surface area contributed by atoms with Gasteiger partial charge in [-0.3, -0.25) is 18.8 Å². The summed E-state index contributed by atoms with van der Waals surface area (Å²) in [5.74, 6) is 0.198. The molecule has 10 nitrogen and oxygen atoms in total. The third-order valence-electron chi connectivity index (χ3n) is 3.36. The largest absolute Gasteiger partial charge is 0.454 e. The lowest BCUT2D eigenvalue weighted by molar-refractivity contribution is -0.146. The van der Waals surface area contributed by atoms with Crippen molar-refractivity contribution in [1.82, 2.24) is 29.5 Å². The first-order valence-electron chi connectivity index (χ1n) is 7.42. The topological polar surface area (TPSA) is 118 Å². The molecule has 0 N–H and O–H groups in total. The number of hydrogen-bond donors (Lipinski definition) is 0. The number of aromatic nitrogens is 6. The third kappa shape index (κ3) is 3.16. The molecule has 10 heteroatoms. The van der Waals surface area contributed by atoms with E-state index in [2.05, 4.69) is 20.2 Å². The number of hydrogen-bond acceptors (Lipinski definition) is 8. The van der Waals surface area contributed by atoms with Gasteiger partial charge in [-0.25, -0.2) is 4.98 Å². The van der Waals surface area contributed by atoms with E-state index in [1.165, 1.54) is 21.8 Å². The molecular formula is C14H16N6O4. The number of carbonyl (C=O) groups is 1. The predicted molar refractivity (Wildman–Crippen MR) is 80.9 cm³/mol. The summed E-state index contributed by atoms with van der Waals surface area (Å²) in [4.78, 5) is 32.3. The van der Waals surface area contributed by atoms with Crippen molar-refractivity contribution in [2.45, 2.75) is 32.9 Å². The fourth-order valence-electron chi connectivity index (χ4n) is 2.18. The van der Waals surface area contributed by atoms with Crippen molar-refractivity contribution < 1.29 is 14.1 Å². The highest BCUT2D eigenvalue weighted by molar-refractivity contribution is 5.74. The molecule has 0 spiro atoms. The Morgan fingerprint density at radius 1 is 1.42 bits per heavy atom. The number of ether oxygens (including phenoxy) is 1. The average molecular weight is 332 g/mol. The summed E-state index contributed by atoms with van der Waals surface area (Å²) >= 11 is 0. The molecule has 0 aliphatic carbocycles. The normalized spacial score (nSPS) is 11.1. The van der Waals surface area contributed by atoms with Crippen LogP contribution < -0.4 is 5.56 Å². The first kappa shape index (κ1) is 15.8. The molecule has 0 bridgehead atoms. The van der Waals surface area contributed by atoms with Crippen molar-refractivity contribution in [1.29, 1.82) is 0 Å². The van der Waals surface area contributed by atoms with Crippen LogP contribution in [0, 0.1) is 0 Å². The SMILES string of the molecule is CCCc1noc(COC(=O)Cn2cnc3c(cnn3C)c2=O)n1. The average Bonchev–Trinajstić information content (AvgIpc) is 3.16. The van der Waals surface area contributed by atoms with E-state index in [-0.39, 0.29) is 24.6 Å². The Hall–Kier alpha value is -3.04. The Labute approximate surface area is 136 Å². The maximum Gasteiger partial charge on any atom is 0.326 e. The first-order valence-corrected chi connectivity index (χ1v) is 7.42. The highest BCUT2D eigenvalue weighted by Gasteiger charge is 2.13. The third-order valence-corrected chi connectivity index (χ3v) is 3.36. The zero-order valence-corrected chi connectivity index (χ0v) is 13.3. The van der Waals surface area contributed by atoms with Gasteiger partial charge < -0.3 is 9.26 Å². The van der Waals surface area contributed by atoms with Gasteiger partial charge in [0.1, 0.15) is 18.3 Å². The number of rotatable bonds is 6. The number of carbonyl (C=O) groups excluding carboxylic acids is 1. The van der Waals surface area contributed by atoms with Gasteiger partial charge in [-0.05, 0) is 6.42 Å². The second-order valence-corrected chi connectivity index (χ2v) is 5.20. The van der Waals surface area contributed by atoms with Crippen LogP contribution in [0.25, 0.3) is 11.0 Å². The van der Waals surface area contributed by atoms with Gasteiger partial charge in [0.15, 0.2) is 18.1 Å². The van der Waals surface area contributed by atoms with E-state index in [9.17, 15) is 9.59 Å². The molecule has 0 saturated carbocycles. The van der Waals surface area contributed by atoms with E-state index in [1.807, 2.05) is 6.92 Å². The number of nitrogens with zero attached hydrogens (tertiary/aromatic N) is 6. The van der Waals surface area contributed by atoms with Crippen LogP contribution >= 0.6 is 0 Å². The molecule has 3 heterocycles. The van der Waals surface area contributed by atoms with Crippen LogP contribution in [-0.2, 0) is 36.2 Å². The van der Waals surface area contributed by atoms with Crippen LogP contribution in [0.4, 0.5) is 0 Å². The van der Waals surface area contributed by atoms with Crippen molar-refractivity contribution in [2.24, 2.45) is 7.05 Å². The van der Waals surface area contributed by atoms with E-state index in [0.29, 0.717) is 23.3 Å². The quantitative estimate of drug-likeness (QED) is 0.588. The van der Waals surface area contributed by atoms with Crippen LogP contribution in [0.1, 0.15) is 25.1 Å². The minimum absolute atomic E-state index is 0.132. The van der Waals surface area contributed by atoms with Crippen molar-refractivity contribution >= 4 is 17.0 Å². The van der Waals surface area contributed by atoms with Gasteiger partial charge in [0.05, 0.1) is 6.20 Å². The second-order valence-electron chi connectivity index (χ2n) is 5.20. The molecule has 3 aromatic rings. The van der Waals surface area contributed by atoms with Crippen LogP contribution in [0.2, 0.25) is 0 Å². The summed E-state index contributed by atoms with van der Waals surface area (Å²) in [6.07, 6.45) is 4.30. The molecule has 24 heavy (non-hydrogen) atoms. The first-order chi connectivity index (χ1) is 11.6. The summed E-state index contributed by atoms with van der Waals surface area (Å²) in [5.41, 5.74) is 0.104. The molecule has 126 valence electrons. The molecule has 0 fully saturated rings. The Morgan fingerprint density at radius 3 is 3.04 bits per heavy atom. The van der Waals surface area contributed by atoms with Gasteiger partial charge in [-0.1, -0.05) is 12.1 Å². The minimum atomic E-state index is -0.600. The van der Waals surface area contributed by atoms with Crippen molar-refractivity contribution in [3.8, 4) is 0 Å². The molecule has 0 saturated heterocycles. The van der Waals surface area contributed by atoms with Crippen LogP contribution in [-0.4, -0.2) is 35.4 Å². The van der Waals surface area contributed by atoms with Crippen LogP contribution in [0.5, 0.6) is 0 Å². The fourth-order valence-corrected chi connectivity index (χ4v) is 2.18. The van der Waals surface area contributed by atoms with Crippen molar-refractivity contribution in [2.75, 3.05) is 0 Å². The molecule has 0 amide bonds. The summed E-state index contributed by atoms with van der Waals surface area (Å²) in [6, 6.07) is 0. The van der Waals surface area contributed by atoms with Crippen molar-refractivity contribution in [3.63, 3.8) is 0 Å². The molecule has 0 aliphatic rings. The highest BCUT2D eigenvalue weighted by Crippen LogP contribution is 2.04. The molecule has 0 atom stereocenters. The fraction of sp³-hybridized carbons (Fsp3) is 0.429. The molecule has 3 rings (SSSR count). The number of fused-ring (bicyclic) bond motifs is 1. The maximum absolute atomic E-state index is 12.2. The Kier molecular flexibility index (Phi) is 4.36. The van der Waals surface area contributed by atoms with E-state index in [4.69, 9.17) is 9.26 Å². The van der Waals surface area contributed by atoms with Crippen LogP contribution in [0.15, 0.2) is 21.8 Å². The predicted octanol–water partition coefficient (Wildman–Crippen LogP) is 0.209. The lowest BCUT2D eigenvalue weighted by atomic mass is 10.3. The lowest BCUT2D eigenvalue weighted by Gasteiger charge is -2.05. The summed E-state index contributed by atoms with van der Waals surface area (Å²) in [7, 11) is 1.69. The Bertz CT molecular complexity index is 925. The lowest BCUT2D eigenvalue weighted by Crippen LogP contribution is -2.25. The monoisotopic (exact) mass is 332 g/mol. The van der Waals surface area contributed by atoms with E-state index in [1.54, 1.807) is 7.05 Å². The smallest absolute Gasteiger partial charge is 0.326 e. The summed E-state index contributed by atoms with van der Waals surface area (Å²) < 4.78 is 12.7. The number of aryl methyl sites for hydroxylation is 2. The van der Waals surface area contributed by atoms with Gasteiger partial charge in [-0.2, -0.15) is 10.1 Å². The van der Waals surface area contributed by atoms with E-state index >= 15 is 0 Å². The Balaban J connectivity index is 1.64. The van der Waals surface area contributed by atoms with Crippen LogP contribution in [0.3, 0.4) is 0 Å². The minimum Gasteiger partial charge on any atom is -0.454 e. The van der Waals surface area contributed by atoms with E-state index in [0.717, 1.165) is 6.42 Å². The molecule has 3 aromatic heterocycles. The molecular weight excluding hydrogens is 316 g/mol. The van der Waals surface area contributed by atoms with Gasteiger partial charge in [0, 0.05) is 13.5 Å². The zero-order chi connectivity index (χ0) is 17.1.